The second kappa shape index (κ2) is 12.6. The number of unbranched alkanes of at least 4 members (excludes halogenated alkanes) is 2. The van der Waals surface area contributed by atoms with Gasteiger partial charge in [-0.15, -0.1) is 0 Å². The Kier molecular flexibility index (Phi) is 9.53. The second-order valence-corrected chi connectivity index (χ2v) is 11.6. The van der Waals surface area contributed by atoms with Crippen LogP contribution in [0.15, 0.2) is 18.2 Å². The van der Waals surface area contributed by atoms with Gasteiger partial charge in [0.25, 0.3) is 0 Å². The summed E-state index contributed by atoms with van der Waals surface area (Å²) < 4.78 is 20.6. The maximum atomic E-state index is 14.8. The highest BCUT2D eigenvalue weighted by atomic mass is 19.1. The fourth-order valence-electron chi connectivity index (χ4n) is 6.96. The van der Waals surface area contributed by atoms with Gasteiger partial charge < -0.3 is 9.84 Å². The maximum absolute atomic E-state index is 14.8. The van der Waals surface area contributed by atoms with Gasteiger partial charge in [-0.2, -0.15) is 0 Å². The number of rotatable bonds is 9. The Balaban J connectivity index is 1.19. The molecule has 0 radical (unpaired) electrons. The highest BCUT2D eigenvalue weighted by Crippen LogP contribution is 2.45. The SMILES string of the molecule is CCCCCC1CCC(C2CCC(c3ccc(OCC4CCC(O)CC4)c(F)c3)CC2)CC1. The van der Waals surface area contributed by atoms with Crippen molar-refractivity contribution in [3.63, 3.8) is 0 Å². The molecule has 3 fully saturated rings. The Morgan fingerprint density at radius 1 is 0.818 bits per heavy atom. The van der Waals surface area contributed by atoms with E-state index in [2.05, 4.69) is 13.0 Å². The fourth-order valence-corrected chi connectivity index (χ4v) is 6.96. The molecular formula is C30H47FO2. The summed E-state index contributed by atoms with van der Waals surface area (Å²) in [6.45, 7) is 2.87. The van der Waals surface area contributed by atoms with Gasteiger partial charge in [-0.1, -0.05) is 51.5 Å². The first-order valence-electron chi connectivity index (χ1n) is 14.2. The summed E-state index contributed by atoms with van der Waals surface area (Å²) in [7, 11) is 0. The van der Waals surface area contributed by atoms with E-state index < -0.39 is 0 Å². The topological polar surface area (TPSA) is 29.5 Å². The summed E-state index contributed by atoms with van der Waals surface area (Å²) >= 11 is 0. The molecule has 3 aliphatic rings. The molecule has 1 aromatic rings. The van der Waals surface area contributed by atoms with Crippen molar-refractivity contribution in [3.05, 3.63) is 29.6 Å². The molecule has 1 aromatic carbocycles. The van der Waals surface area contributed by atoms with Gasteiger partial charge in [0, 0.05) is 0 Å². The van der Waals surface area contributed by atoms with Gasteiger partial charge in [0.05, 0.1) is 12.7 Å². The number of ether oxygens (including phenoxy) is 1. The molecule has 186 valence electrons. The van der Waals surface area contributed by atoms with E-state index in [1.807, 2.05) is 6.07 Å². The first kappa shape index (κ1) is 25.0. The Labute approximate surface area is 201 Å². The van der Waals surface area contributed by atoms with E-state index in [4.69, 9.17) is 4.74 Å². The van der Waals surface area contributed by atoms with Crippen LogP contribution in [0.2, 0.25) is 0 Å². The van der Waals surface area contributed by atoms with Gasteiger partial charge in [-0.3, -0.25) is 0 Å². The maximum Gasteiger partial charge on any atom is 0.165 e. The van der Waals surface area contributed by atoms with E-state index in [-0.39, 0.29) is 11.9 Å². The summed E-state index contributed by atoms with van der Waals surface area (Å²) in [6, 6.07) is 5.70. The molecule has 3 heteroatoms. The molecule has 0 amide bonds. The van der Waals surface area contributed by atoms with Crippen molar-refractivity contribution >= 4 is 0 Å². The Bertz CT molecular complexity index is 695. The molecule has 0 atom stereocenters. The van der Waals surface area contributed by atoms with E-state index in [9.17, 15) is 9.50 Å². The third kappa shape index (κ3) is 7.20. The molecule has 4 rings (SSSR count). The van der Waals surface area contributed by atoms with Crippen molar-refractivity contribution in [3.8, 4) is 5.75 Å². The lowest BCUT2D eigenvalue weighted by molar-refractivity contribution is 0.0909. The number of aliphatic hydroxyl groups is 1. The third-order valence-corrected chi connectivity index (χ3v) is 9.26. The van der Waals surface area contributed by atoms with Crippen LogP contribution in [0.5, 0.6) is 5.75 Å². The number of benzene rings is 1. The highest BCUT2D eigenvalue weighted by Gasteiger charge is 2.31. The van der Waals surface area contributed by atoms with Gasteiger partial charge in [0.1, 0.15) is 0 Å². The first-order chi connectivity index (χ1) is 16.1. The molecule has 0 bridgehead atoms. The number of hydrogen-bond donors (Lipinski definition) is 1. The molecule has 33 heavy (non-hydrogen) atoms. The zero-order chi connectivity index (χ0) is 23.0. The van der Waals surface area contributed by atoms with Crippen LogP contribution in [0.4, 0.5) is 4.39 Å². The van der Waals surface area contributed by atoms with Gasteiger partial charge in [-0.05, 0) is 111 Å². The minimum Gasteiger partial charge on any atom is -0.490 e. The number of halogens is 1. The lowest BCUT2D eigenvalue weighted by Gasteiger charge is -2.38. The van der Waals surface area contributed by atoms with Crippen LogP contribution in [-0.2, 0) is 0 Å². The van der Waals surface area contributed by atoms with E-state index in [0.29, 0.717) is 24.2 Å². The monoisotopic (exact) mass is 458 g/mol. The van der Waals surface area contributed by atoms with Gasteiger partial charge in [0.15, 0.2) is 11.6 Å². The summed E-state index contributed by atoms with van der Waals surface area (Å²) in [6.07, 6.45) is 20.0. The number of aliphatic hydroxyl groups excluding tert-OH is 1. The predicted molar refractivity (Wildman–Crippen MR) is 134 cm³/mol. The van der Waals surface area contributed by atoms with Gasteiger partial charge >= 0.3 is 0 Å². The van der Waals surface area contributed by atoms with Crippen molar-refractivity contribution in [2.45, 2.75) is 122 Å². The first-order valence-corrected chi connectivity index (χ1v) is 14.2. The minimum atomic E-state index is -0.202. The fraction of sp³-hybridized carbons (Fsp3) is 0.800. The molecular weight excluding hydrogens is 411 g/mol. The zero-order valence-corrected chi connectivity index (χ0v) is 21.0. The molecule has 1 N–H and O–H groups in total. The Morgan fingerprint density at radius 2 is 1.45 bits per heavy atom. The summed E-state index contributed by atoms with van der Waals surface area (Å²) in [5.41, 5.74) is 1.17. The molecule has 3 aliphatic carbocycles. The van der Waals surface area contributed by atoms with Gasteiger partial charge in [-0.25, -0.2) is 4.39 Å². The van der Waals surface area contributed by atoms with E-state index in [1.165, 1.54) is 82.6 Å². The minimum absolute atomic E-state index is 0.155. The Hall–Kier alpha value is -1.09. The molecule has 0 heterocycles. The van der Waals surface area contributed by atoms with Crippen LogP contribution in [0.3, 0.4) is 0 Å². The molecule has 0 unspecified atom stereocenters. The van der Waals surface area contributed by atoms with Crippen LogP contribution in [0, 0.1) is 29.5 Å². The lowest BCUT2D eigenvalue weighted by Crippen LogP contribution is -2.25. The number of hydrogen-bond acceptors (Lipinski definition) is 2. The summed E-state index contributed by atoms with van der Waals surface area (Å²) in [5.74, 6) is 3.99. The molecule has 0 spiro atoms. The average molecular weight is 459 g/mol. The van der Waals surface area contributed by atoms with E-state index in [0.717, 1.165) is 43.4 Å². The van der Waals surface area contributed by atoms with E-state index >= 15 is 0 Å². The van der Waals surface area contributed by atoms with Crippen molar-refractivity contribution < 1.29 is 14.2 Å². The normalized spacial score (nSPS) is 33.1. The zero-order valence-electron chi connectivity index (χ0n) is 21.0. The second-order valence-electron chi connectivity index (χ2n) is 11.6. The van der Waals surface area contributed by atoms with Crippen molar-refractivity contribution in [2.24, 2.45) is 23.7 Å². The third-order valence-electron chi connectivity index (χ3n) is 9.26. The van der Waals surface area contributed by atoms with Gasteiger partial charge in [0.2, 0.25) is 0 Å². The van der Waals surface area contributed by atoms with Crippen LogP contribution in [0.25, 0.3) is 0 Å². The van der Waals surface area contributed by atoms with Crippen LogP contribution in [-0.4, -0.2) is 17.8 Å². The standard InChI is InChI=1S/C30H47FO2/c1-2-3-4-5-22-6-10-24(11-7-22)25-12-14-26(15-13-25)27-16-19-30(29(31)20-27)33-21-23-8-17-28(32)18-9-23/h16,19-20,22-26,28,32H,2-15,17-18,21H2,1H3. The highest BCUT2D eigenvalue weighted by molar-refractivity contribution is 5.31. The van der Waals surface area contributed by atoms with Crippen LogP contribution < -0.4 is 4.74 Å². The summed E-state index contributed by atoms with van der Waals surface area (Å²) in [5, 5.41) is 9.65. The average Bonchev–Trinajstić information content (AvgIpc) is 2.85. The smallest absolute Gasteiger partial charge is 0.165 e. The largest absolute Gasteiger partial charge is 0.490 e. The predicted octanol–water partition coefficient (Wildman–Crippen LogP) is 8.42. The van der Waals surface area contributed by atoms with Crippen LogP contribution >= 0.6 is 0 Å². The lowest BCUT2D eigenvalue weighted by atomic mass is 9.68. The Morgan fingerprint density at radius 3 is 2.09 bits per heavy atom. The molecule has 3 saturated carbocycles. The summed E-state index contributed by atoms with van der Waals surface area (Å²) in [4.78, 5) is 0. The van der Waals surface area contributed by atoms with Crippen molar-refractivity contribution in [2.75, 3.05) is 6.61 Å². The van der Waals surface area contributed by atoms with Crippen molar-refractivity contribution in [1.82, 2.24) is 0 Å². The quantitative estimate of drug-likeness (QED) is 0.376. The van der Waals surface area contributed by atoms with Crippen molar-refractivity contribution in [1.29, 1.82) is 0 Å². The molecule has 0 saturated heterocycles. The molecule has 0 aromatic heterocycles. The molecule has 2 nitrogen and oxygen atoms in total. The van der Waals surface area contributed by atoms with Crippen LogP contribution in [0.1, 0.15) is 121 Å². The van der Waals surface area contributed by atoms with E-state index in [1.54, 1.807) is 6.07 Å². The molecule has 0 aliphatic heterocycles.